The normalized spacial score (nSPS) is 32.1. The predicted molar refractivity (Wildman–Crippen MR) is 96.6 cm³/mol. The molecule has 0 radical (unpaired) electrons. The summed E-state index contributed by atoms with van der Waals surface area (Å²) in [6, 6.07) is 9.17. The second-order valence-corrected chi connectivity index (χ2v) is 6.91. The minimum Gasteiger partial charge on any atom is -0.388 e. The first kappa shape index (κ1) is 19.8. The molecule has 3 saturated heterocycles. The van der Waals surface area contributed by atoms with Crippen LogP contribution in [0.4, 0.5) is 5.69 Å². The number of hydrazine groups is 1. The monoisotopic (exact) mass is 378 g/mol. The number of amides is 2. The van der Waals surface area contributed by atoms with Crippen LogP contribution >= 0.6 is 0 Å². The Morgan fingerprint density at radius 1 is 1.07 bits per heavy atom. The number of hydrogen-bond donors (Lipinski definition) is 3. The summed E-state index contributed by atoms with van der Waals surface area (Å²) in [4.78, 5) is 23.8. The van der Waals surface area contributed by atoms with Gasteiger partial charge < -0.3 is 19.7 Å². The lowest BCUT2D eigenvalue weighted by atomic mass is 10.0. The number of fused-ring (bicyclic) bond motifs is 1. The maximum absolute atomic E-state index is 12.1. The second-order valence-electron chi connectivity index (χ2n) is 6.91. The Kier molecular flexibility index (Phi) is 6.43. The molecule has 3 aliphatic rings. The van der Waals surface area contributed by atoms with E-state index in [1.807, 2.05) is 25.1 Å². The molecule has 2 amide bonds. The van der Waals surface area contributed by atoms with E-state index in [1.165, 1.54) is 5.01 Å². The summed E-state index contributed by atoms with van der Waals surface area (Å²) < 4.78 is 10.2. The van der Waals surface area contributed by atoms with Gasteiger partial charge in [0.2, 0.25) is 0 Å². The van der Waals surface area contributed by atoms with E-state index in [9.17, 15) is 9.59 Å². The average Bonchev–Trinajstić information content (AvgIpc) is 3.32. The molecule has 27 heavy (non-hydrogen) atoms. The van der Waals surface area contributed by atoms with Crippen LogP contribution in [0.2, 0.25) is 0 Å². The molecule has 3 fully saturated rings. The Labute approximate surface area is 158 Å². The first-order valence-electron chi connectivity index (χ1n) is 9.31. The van der Waals surface area contributed by atoms with E-state index in [0.717, 1.165) is 12.8 Å². The number of unbranched alkanes of at least 4 members (excludes halogenated alkanes) is 1. The van der Waals surface area contributed by atoms with Gasteiger partial charge in [-0.25, -0.2) is 5.01 Å². The Bertz CT molecular complexity index is 639. The van der Waals surface area contributed by atoms with Gasteiger partial charge in [-0.2, -0.15) is 0 Å². The number of hydrogen-bond acceptors (Lipinski definition) is 6. The minimum atomic E-state index is -0.554. The number of rotatable bonds is 4. The van der Waals surface area contributed by atoms with Crippen LogP contribution in [0.5, 0.6) is 0 Å². The number of nitrogens with one attached hydrogen (secondary N) is 1. The summed E-state index contributed by atoms with van der Waals surface area (Å²) in [7, 11) is 0. The van der Waals surface area contributed by atoms with Gasteiger partial charge in [0.05, 0.1) is 18.9 Å². The van der Waals surface area contributed by atoms with Crippen LogP contribution in [0.1, 0.15) is 26.2 Å². The van der Waals surface area contributed by atoms with Gasteiger partial charge in [0.15, 0.2) is 0 Å². The Morgan fingerprint density at radius 3 is 2.22 bits per heavy atom. The molecule has 0 saturated carbocycles. The fourth-order valence-electron chi connectivity index (χ4n) is 3.40. The lowest BCUT2D eigenvalue weighted by molar-refractivity contribution is -0.127. The zero-order chi connectivity index (χ0) is 19.4. The van der Waals surface area contributed by atoms with E-state index in [4.69, 9.17) is 19.7 Å². The van der Waals surface area contributed by atoms with Gasteiger partial charge in [-0.1, -0.05) is 38.0 Å². The summed E-state index contributed by atoms with van der Waals surface area (Å²) >= 11 is 0. The highest BCUT2D eigenvalue weighted by Gasteiger charge is 2.46. The van der Waals surface area contributed by atoms with E-state index in [2.05, 4.69) is 5.43 Å². The van der Waals surface area contributed by atoms with E-state index >= 15 is 0 Å². The molecule has 1 aromatic carbocycles. The molecule has 4 rings (SSSR count). The molecule has 3 aliphatic heterocycles. The Hall–Kier alpha value is -2.00. The number of carbonyl (C=O) groups is 2. The van der Waals surface area contributed by atoms with Gasteiger partial charge in [-0.15, -0.1) is 0 Å². The Balaban J connectivity index is 0.000000177. The SMILES string of the molecule is CCCCC1C(=O)NN(c2ccccc2)C1=O.O[C@@H]1CO[C@H]2[C@@H]1OC[C@@H]2O. The molecule has 0 aromatic heterocycles. The number of nitrogens with zero attached hydrogens (tertiary/aromatic N) is 1. The molecular formula is C19H26N2O6. The molecule has 1 unspecified atom stereocenters. The molecule has 148 valence electrons. The van der Waals surface area contributed by atoms with E-state index in [-0.39, 0.29) is 37.2 Å². The molecule has 8 heteroatoms. The third-order valence-electron chi connectivity index (χ3n) is 4.92. The van der Waals surface area contributed by atoms with Crippen molar-refractivity contribution in [3.05, 3.63) is 30.3 Å². The third-order valence-corrected chi connectivity index (χ3v) is 4.92. The van der Waals surface area contributed by atoms with Gasteiger partial charge in [-0.3, -0.25) is 15.0 Å². The lowest BCUT2D eigenvalue weighted by Crippen LogP contribution is -2.35. The number of aliphatic hydroxyl groups excluding tert-OH is 2. The topological polar surface area (TPSA) is 108 Å². The number of ether oxygens (including phenoxy) is 2. The molecule has 3 heterocycles. The third kappa shape index (κ3) is 4.30. The van der Waals surface area contributed by atoms with Gasteiger partial charge in [0, 0.05) is 0 Å². The second kappa shape index (κ2) is 8.79. The molecule has 3 N–H and O–H groups in total. The number of carbonyl (C=O) groups excluding carboxylic acids is 2. The number of anilines is 1. The summed E-state index contributed by atoms with van der Waals surface area (Å²) in [5, 5.41) is 19.7. The molecular weight excluding hydrogens is 352 g/mol. The fraction of sp³-hybridized carbons (Fsp3) is 0.579. The highest BCUT2D eigenvalue weighted by Crippen LogP contribution is 2.26. The first-order chi connectivity index (χ1) is 13.0. The van der Waals surface area contributed by atoms with Crippen LogP contribution in [-0.4, -0.2) is 59.7 Å². The molecule has 0 aliphatic carbocycles. The lowest BCUT2D eigenvalue weighted by Gasteiger charge is -2.14. The average molecular weight is 378 g/mol. The first-order valence-corrected chi connectivity index (χ1v) is 9.31. The summed E-state index contributed by atoms with van der Waals surface area (Å²) in [5.74, 6) is -0.850. The van der Waals surface area contributed by atoms with Crippen molar-refractivity contribution in [1.29, 1.82) is 0 Å². The molecule has 0 spiro atoms. The van der Waals surface area contributed by atoms with Crippen molar-refractivity contribution >= 4 is 17.5 Å². The van der Waals surface area contributed by atoms with Crippen LogP contribution in [-0.2, 0) is 19.1 Å². The predicted octanol–water partition coefficient (Wildman–Crippen LogP) is 0.377. The van der Waals surface area contributed by atoms with Crippen LogP contribution in [0.15, 0.2) is 30.3 Å². The van der Waals surface area contributed by atoms with Gasteiger partial charge in [0.1, 0.15) is 30.3 Å². The van der Waals surface area contributed by atoms with E-state index in [0.29, 0.717) is 12.1 Å². The Morgan fingerprint density at radius 2 is 1.67 bits per heavy atom. The van der Waals surface area contributed by atoms with E-state index < -0.39 is 18.1 Å². The molecule has 8 nitrogen and oxygen atoms in total. The standard InChI is InChI=1S/C13H16N2O2.C6H10O4/c1-2-3-9-11-12(16)14-15(13(11)17)10-7-5-4-6-8-10;7-3-1-9-6-4(8)2-10-5(3)6/h4-8,11H,2-3,9H2,1H3,(H,14,16);3-8H,1-2H2/t;3-,4+,5-,6-/m.1/s1. The van der Waals surface area contributed by atoms with Gasteiger partial charge in [-0.05, 0) is 18.6 Å². The molecule has 1 aromatic rings. The van der Waals surface area contributed by atoms with Crippen molar-refractivity contribution < 1.29 is 29.3 Å². The maximum Gasteiger partial charge on any atom is 0.258 e. The maximum atomic E-state index is 12.1. The van der Waals surface area contributed by atoms with Crippen LogP contribution in [0.3, 0.4) is 0 Å². The van der Waals surface area contributed by atoms with Gasteiger partial charge >= 0.3 is 0 Å². The highest BCUT2D eigenvalue weighted by atomic mass is 16.6. The van der Waals surface area contributed by atoms with Crippen molar-refractivity contribution in [2.24, 2.45) is 5.92 Å². The number of benzene rings is 1. The van der Waals surface area contributed by atoms with Crippen LogP contribution in [0, 0.1) is 5.92 Å². The molecule has 5 atom stereocenters. The van der Waals surface area contributed by atoms with Crippen molar-refractivity contribution in [1.82, 2.24) is 5.43 Å². The summed E-state index contributed by atoms with van der Waals surface area (Å²) in [5.41, 5.74) is 3.34. The van der Waals surface area contributed by atoms with Gasteiger partial charge in [0.25, 0.3) is 11.8 Å². The molecule has 0 bridgehead atoms. The number of aliphatic hydroxyl groups is 2. The fourth-order valence-corrected chi connectivity index (χ4v) is 3.40. The van der Waals surface area contributed by atoms with Crippen molar-refractivity contribution in [2.45, 2.75) is 50.6 Å². The summed E-state index contributed by atoms with van der Waals surface area (Å²) in [6.45, 7) is 2.62. The summed E-state index contributed by atoms with van der Waals surface area (Å²) in [6.07, 6.45) is 0.814. The number of para-hydroxylation sites is 1. The van der Waals surface area contributed by atoms with Crippen molar-refractivity contribution in [3.8, 4) is 0 Å². The smallest absolute Gasteiger partial charge is 0.258 e. The van der Waals surface area contributed by atoms with Crippen LogP contribution in [0.25, 0.3) is 0 Å². The van der Waals surface area contributed by atoms with Crippen LogP contribution < -0.4 is 10.4 Å². The largest absolute Gasteiger partial charge is 0.388 e. The van der Waals surface area contributed by atoms with E-state index in [1.54, 1.807) is 12.1 Å². The highest BCUT2D eigenvalue weighted by molar-refractivity contribution is 6.14. The quantitative estimate of drug-likeness (QED) is 0.654. The minimum absolute atomic E-state index is 0.144. The van der Waals surface area contributed by atoms with Crippen molar-refractivity contribution in [3.63, 3.8) is 0 Å². The zero-order valence-electron chi connectivity index (χ0n) is 15.3. The zero-order valence-corrected chi connectivity index (χ0v) is 15.3. The van der Waals surface area contributed by atoms with Crippen molar-refractivity contribution in [2.75, 3.05) is 18.2 Å².